The molecule has 0 aromatic heterocycles. The highest BCUT2D eigenvalue weighted by Crippen LogP contribution is 2.24. The second-order valence-corrected chi connectivity index (χ2v) is 6.76. The molecule has 0 unspecified atom stereocenters. The first-order valence-corrected chi connectivity index (χ1v) is 7.69. The van der Waals surface area contributed by atoms with Crippen molar-refractivity contribution in [1.82, 2.24) is 10.2 Å². The molecule has 0 bridgehead atoms. The molecule has 1 saturated carbocycles. The summed E-state index contributed by atoms with van der Waals surface area (Å²) in [6.45, 7) is 7.30. The summed E-state index contributed by atoms with van der Waals surface area (Å²) in [6, 6.07) is -0.576. The van der Waals surface area contributed by atoms with E-state index < -0.39 is 29.7 Å². The smallest absolute Gasteiger partial charge is 0.408 e. The van der Waals surface area contributed by atoms with E-state index >= 15 is 0 Å². The molecule has 21 heavy (non-hydrogen) atoms. The summed E-state index contributed by atoms with van der Waals surface area (Å²) >= 11 is 0. The number of carbonyl (C=O) groups excluding carboxylic acids is 1. The highest BCUT2D eigenvalue weighted by atomic mass is 16.4. The Bertz CT molecular complexity index is 374. The van der Waals surface area contributed by atoms with Crippen LogP contribution < -0.4 is 5.32 Å². The van der Waals surface area contributed by atoms with Gasteiger partial charge < -0.3 is 15.5 Å². The molecular weight excluding hydrogens is 272 g/mol. The first kappa shape index (κ1) is 17.8. The van der Waals surface area contributed by atoms with Gasteiger partial charge in [-0.15, -0.1) is 0 Å². The number of unbranched alkanes of at least 4 members (excludes halogenated alkanes) is 1. The standard InChI is InChI=1S/C15H28N2O4/c1-5-6-7-11(17(14(20)21)15(2,3)4)12(18)13(19)16-10-8-9-10/h10-12,18H,5-9H2,1-4H3,(H,16,19)(H,20,21)/t11-,12-/m0/s1. The SMILES string of the molecule is CCCC[C@@H]([C@H](O)C(=O)NC1CC1)N(C(=O)O)C(C)(C)C. The molecule has 0 saturated heterocycles. The Labute approximate surface area is 126 Å². The van der Waals surface area contributed by atoms with Gasteiger partial charge in [0, 0.05) is 11.6 Å². The average molecular weight is 300 g/mol. The molecule has 3 N–H and O–H groups in total. The molecule has 6 nitrogen and oxygen atoms in total. The minimum atomic E-state index is -1.33. The summed E-state index contributed by atoms with van der Waals surface area (Å²) in [4.78, 5) is 24.9. The average Bonchev–Trinajstić information content (AvgIpc) is 3.14. The van der Waals surface area contributed by atoms with E-state index in [1.54, 1.807) is 20.8 Å². The lowest BCUT2D eigenvalue weighted by Crippen LogP contribution is -2.58. The van der Waals surface area contributed by atoms with Crippen molar-refractivity contribution >= 4 is 12.0 Å². The van der Waals surface area contributed by atoms with E-state index in [1.807, 2.05) is 6.92 Å². The van der Waals surface area contributed by atoms with Crippen LogP contribution >= 0.6 is 0 Å². The number of hydrogen-bond acceptors (Lipinski definition) is 3. The van der Waals surface area contributed by atoms with Gasteiger partial charge in [-0.3, -0.25) is 9.69 Å². The number of amides is 2. The van der Waals surface area contributed by atoms with E-state index in [2.05, 4.69) is 5.32 Å². The lowest BCUT2D eigenvalue weighted by atomic mass is 9.96. The zero-order valence-corrected chi connectivity index (χ0v) is 13.4. The van der Waals surface area contributed by atoms with Crippen molar-refractivity contribution in [2.45, 2.75) is 83.5 Å². The van der Waals surface area contributed by atoms with Crippen molar-refractivity contribution < 1.29 is 19.8 Å². The maximum atomic E-state index is 12.1. The quantitative estimate of drug-likeness (QED) is 0.670. The van der Waals surface area contributed by atoms with Crippen molar-refractivity contribution in [2.24, 2.45) is 0 Å². The Hall–Kier alpha value is -1.30. The van der Waals surface area contributed by atoms with Crippen LogP contribution in [0.15, 0.2) is 0 Å². The monoisotopic (exact) mass is 300 g/mol. The fourth-order valence-corrected chi connectivity index (χ4v) is 2.46. The Kier molecular flexibility index (Phi) is 6.01. The van der Waals surface area contributed by atoms with Crippen molar-refractivity contribution in [3.63, 3.8) is 0 Å². The number of hydrogen-bond donors (Lipinski definition) is 3. The van der Waals surface area contributed by atoms with Crippen LogP contribution in [0.1, 0.15) is 59.8 Å². The predicted molar refractivity (Wildman–Crippen MR) is 80.1 cm³/mol. The number of aliphatic hydroxyl groups is 1. The summed E-state index contributed by atoms with van der Waals surface area (Å²) in [6.07, 6.45) is 1.54. The molecule has 1 rings (SSSR count). The van der Waals surface area contributed by atoms with Crippen LogP contribution in [0.5, 0.6) is 0 Å². The molecule has 0 aliphatic heterocycles. The molecule has 0 radical (unpaired) electrons. The summed E-state index contributed by atoms with van der Waals surface area (Å²) in [5.74, 6) is -0.464. The van der Waals surface area contributed by atoms with E-state index in [-0.39, 0.29) is 6.04 Å². The lowest BCUT2D eigenvalue weighted by Gasteiger charge is -2.41. The topological polar surface area (TPSA) is 89.9 Å². The molecule has 0 spiro atoms. The fraction of sp³-hybridized carbons (Fsp3) is 0.867. The third kappa shape index (κ3) is 5.19. The van der Waals surface area contributed by atoms with Gasteiger partial charge in [-0.05, 0) is 40.0 Å². The second kappa shape index (κ2) is 7.11. The molecule has 2 atom stereocenters. The zero-order chi connectivity index (χ0) is 16.2. The molecule has 1 fully saturated rings. The van der Waals surface area contributed by atoms with Gasteiger partial charge in [-0.25, -0.2) is 4.79 Å². The van der Waals surface area contributed by atoms with E-state index in [0.717, 1.165) is 25.7 Å². The van der Waals surface area contributed by atoms with Crippen LogP contribution in [0.3, 0.4) is 0 Å². The van der Waals surface area contributed by atoms with E-state index in [9.17, 15) is 19.8 Å². The van der Waals surface area contributed by atoms with Gasteiger partial charge in [-0.2, -0.15) is 0 Å². The fourth-order valence-electron chi connectivity index (χ4n) is 2.46. The van der Waals surface area contributed by atoms with E-state index in [1.165, 1.54) is 4.90 Å². The van der Waals surface area contributed by atoms with Crippen molar-refractivity contribution in [2.75, 3.05) is 0 Å². The molecule has 1 aliphatic rings. The lowest BCUT2D eigenvalue weighted by molar-refractivity contribution is -0.134. The van der Waals surface area contributed by atoms with Crippen LogP contribution in [0.25, 0.3) is 0 Å². The minimum absolute atomic E-state index is 0.145. The van der Waals surface area contributed by atoms with Gasteiger partial charge in [-0.1, -0.05) is 19.8 Å². The van der Waals surface area contributed by atoms with E-state index in [4.69, 9.17) is 0 Å². The molecule has 1 aliphatic carbocycles. The van der Waals surface area contributed by atoms with Crippen LogP contribution in [0, 0.1) is 0 Å². The van der Waals surface area contributed by atoms with E-state index in [0.29, 0.717) is 6.42 Å². The number of nitrogens with one attached hydrogen (secondary N) is 1. The highest BCUT2D eigenvalue weighted by Gasteiger charge is 2.40. The number of carbonyl (C=O) groups is 2. The van der Waals surface area contributed by atoms with Crippen molar-refractivity contribution in [3.8, 4) is 0 Å². The van der Waals surface area contributed by atoms with Gasteiger partial charge in [0.2, 0.25) is 0 Å². The molecule has 122 valence electrons. The predicted octanol–water partition coefficient (Wildman–Crippen LogP) is 1.96. The summed E-state index contributed by atoms with van der Waals surface area (Å²) < 4.78 is 0. The maximum absolute atomic E-state index is 12.1. The number of carboxylic acid groups (broad SMARTS) is 1. The zero-order valence-electron chi connectivity index (χ0n) is 13.4. The molecule has 0 aromatic rings. The maximum Gasteiger partial charge on any atom is 0.408 e. The first-order chi connectivity index (χ1) is 9.68. The summed E-state index contributed by atoms with van der Waals surface area (Å²) in [7, 11) is 0. The largest absolute Gasteiger partial charge is 0.465 e. The molecule has 6 heteroatoms. The molecule has 0 aromatic carbocycles. The number of aliphatic hydroxyl groups excluding tert-OH is 1. The normalized spacial score (nSPS) is 18.0. The van der Waals surface area contributed by atoms with Gasteiger partial charge in [0.15, 0.2) is 6.10 Å². The highest BCUT2D eigenvalue weighted by molar-refractivity contribution is 5.82. The molecule has 2 amide bonds. The first-order valence-electron chi connectivity index (χ1n) is 7.69. The van der Waals surface area contributed by atoms with Gasteiger partial charge >= 0.3 is 6.09 Å². The molecular formula is C15H28N2O4. The number of nitrogens with zero attached hydrogens (tertiary/aromatic N) is 1. The van der Waals surface area contributed by atoms with Crippen molar-refractivity contribution in [3.05, 3.63) is 0 Å². The Balaban J connectivity index is 2.89. The van der Waals surface area contributed by atoms with Crippen LogP contribution in [0.4, 0.5) is 4.79 Å². The van der Waals surface area contributed by atoms with Crippen LogP contribution in [-0.4, -0.2) is 50.8 Å². The third-order valence-corrected chi connectivity index (χ3v) is 3.67. The minimum Gasteiger partial charge on any atom is -0.465 e. The Morgan fingerprint density at radius 2 is 1.90 bits per heavy atom. The Morgan fingerprint density at radius 1 is 1.33 bits per heavy atom. The van der Waals surface area contributed by atoms with Gasteiger partial charge in [0.1, 0.15) is 0 Å². The van der Waals surface area contributed by atoms with Gasteiger partial charge in [0.05, 0.1) is 6.04 Å². The number of rotatable bonds is 7. The second-order valence-electron chi connectivity index (χ2n) is 6.76. The van der Waals surface area contributed by atoms with Crippen LogP contribution in [-0.2, 0) is 4.79 Å². The summed E-state index contributed by atoms with van der Waals surface area (Å²) in [5.41, 5.74) is -0.676. The Morgan fingerprint density at radius 3 is 2.29 bits per heavy atom. The van der Waals surface area contributed by atoms with Crippen molar-refractivity contribution in [1.29, 1.82) is 0 Å². The van der Waals surface area contributed by atoms with Crippen LogP contribution in [0.2, 0.25) is 0 Å². The third-order valence-electron chi connectivity index (χ3n) is 3.67. The summed E-state index contributed by atoms with van der Waals surface area (Å²) in [5, 5.41) is 22.6. The molecule has 0 heterocycles. The van der Waals surface area contributed by atoms with Gasteiger partial charge in [0.25, 0.3) is 5.91 Å².